The van der Waals surface area contributed by atoms with E-state index in [1.807, 2.05) is 16.8 Å². The summed E-state index contributed by atoms with van der Waals surface area (Å²) >= 11 is 0. The van der Waals surface area contributed by atoms with Gasteiger partial charge in [0.15, 0.2) is 0 Å². The van der Waals surface area contributed by atoms with Crippen molar-refractivity contribution in [2.75, 3.05) is 18.4 Å². The van der Waals surface area contributed by atoms with Crippen LogP contribution >= 0.6 is 0 Å². The van der Waals surface area contributed by atoms with Crippen molar-refractivity contribution in [3.05, 3.63) is 77.1 Å². The minimum absolute atomic E-state index is 0.0946. The van der Waals surface area contributed by atoms with E-state index in [1.54, 1.807) is 6.20 Å². The zero-order valence-corrected chi connectivity index (χ0v) is 18.7. The van der Waals surface area contributed by atoms with Gasteiger partial charge in [-0.15, -0.1) is 0 Å². The molecular weight excluding hydrogens is 384 g/mol. The minimum Gasteiger partial charge on any atom is -0.322 e. The summed E-state index contributed by atoms with van der Waals surface area (Å²) in [6.45, 7) is 8.43. The summed E-state index contributed by atoms with van der Waals surface area (Å²) < 4.78 is 1.97. The molecular formula is C26H32N4O. The number of rotatable bonds is 6. The van der Waals surface area contributed by atoms with Gasteiger partial charge in [0.2, 0.25) is 0 Å². The molecule has 1 aliphatic rings. The van der Waals surface area contributed by atoms with E-state index in [2.05, 4.69) is 72.9 Å². The van der Waals surface area contributed by atoms with E-state index in [0.29, 0.717) is 17.4 Å². The molecule has 0 saturated carbocycles. The van der Waals surface area contributed by atoms with Crippen molar-refractivity contribution in [1.82, 2.24) is 15.1 Å². The number of anilines is 1. The number of hydrogen-bond donors (Lipinski definition) is 2. The smallest absolute Gasteiger partial charge is 0.259 e. The highest BCUT2D eigenvalue weighted by Crippen LogP contribution is 2.31. The van der Waals surface area contributed by atoms with Gasteiger partial charge in [-0.1, -0.05) is 45.0 Å². The van der Waals surface area contributed by atoms with Gasteiger partial charge in [-0.2, -0.15) is 5.10 Å². The van der Waals surface area contributed by atoms with Crippen LogP contribution in [-0.2, 0) is 6.42 Å². The van der Waals surface area contributed by atoms with Gasteiger partial charge >= 0.3 is 0 Å². The molecule has 31 heavy (non-hydrogen) atoms. The molecule has 3 aromatic rings. The number of benzene rings is 2. The van der Waals surface area contributed by atoms with Gasteiger partial charge in [-0.3, -0.25) is 4.79 Å². The largest absolute Gasteiger partial charge is 0.322 e. The summed E-state index contributed by atoms with van der Waals surface area (Å²) in [5, 5.41) is 11.2. The molecule has 5 heteroatoms. The Morgan fingerprint density at radius 3 is 2.39 bits per heavy atom. The zero-order valence-electron chi connectivity index (χ0n) is 18.7. The number of carbonyl (C=O) groups is 1. The Labute approximate surface area is 184 Å². The third kappa shape index (κ3) is 4.72. The van der Waals surface area contributed by atoms with Crippen LogP contribution in [0.1, 0.15) is 72.6 Å². The molecule has 1 fully saturated rings. The Morgan fingerprint density at radius 1 is 1.10 bits per heavy atom. The highest BCUT2D eigenvalue weighted by Gasteiger charge is 2.27. The number of aromatic nitrogens is 2. The molecule has 2 aromatic carbocycles. The molecule has 0 spiro atoms. The number of nitrogens with zero attached hydrogens (tertiary/aromatic N) is 2. The van der Waals surface area contributed by atoms with Crippen molar-refractivity contribution in [3.8, 4) is 5.69 Å². The lowest BCUT2D eigenvalue weighted by molar-refractivity contribution is 0.102. The average Bonchev–Trinajstić information content (AvgIpc) is 3.25. The molecule has 0 unspecified atom stereocenters. The van der Waals surface area contributed by atoms with Gasteiger partial charge in [0, 0.05) is 11.6 Å². The molecule has 0 radical (unpaired) electrons. The van der Waals surface area contributed by atoms with Gasteiger partial charge in [-0.05, 0) is 73.7 Å². The summed E-state index contributed by atoms with van der Waals surface area (Å²) in [5.41, 5.74) is 6.05. The Hall–Kier alpha value is -2.92. The van der Waals surface area contributed by atoms with Crippen LogP contribution in [0.4, 0.5) is 5.69 Å². The molecule has 1 saturated heterocycles. The molecule has 2 heterocycles. The SMILES string of the molecule is CCc1ccc(NC(=O)c2cnn(-c3ccc(C(C)C)cc3)c2C2CCNCC2)cc1. The van der Waals surface area contributed by atoms with Crippen LogP contribution in [0.15, 0.2) is 54.7 Å². The fraction of sp³-hybridized carbons (Fsp3) is 0.385. The zero-order chi connectivity index (χ0) is 21.8. The molecule has 5 nitrogen and oxygen atoms in total. The van der Waals surface area contributed by atoms with Gasteiger partial charge in [0.1, 0.15) is 0 Å². The Bertz CT molecular complexity index is 1010. The third-order valence-corrected chi connectivity index (χ3v) is 6.20. The molecule has 162 valence electrons. The monoisotopic (exact) mass is 416 g/mol. The summed E-state index contributed by atoms with van der Waals surface area (Å²) in [5.74, 6) is 0.690. The Balaban J connectivity index is 1.67. The molecule has 0 atom stereocenters. The second-order valence-corrected chi connectivity index (χ2v) is 8.63. The maximum absolute atomic E-state index is 13.2. The number of piperidine rings is 1. The highest BCUT2D eigenvalue weighted by atomic mass is 16.1. The third-order valence-electron chi connectivity index (χ3n) is 6.20. The predicted molar refractivity (Wildman–Crippen MR) is 126 cm³/mol. The first-order chi connectivity index (χ1) is 15.1. The molecule has 0 aliphatic carbocycles. The van der Waals surface area contributed by atoms with Crippen LogP contribution in [-0.4, -0.2) is 28.8 Å². The lowest BCUT2D eigenvalue weighted by Gasteiger charge is -2.25. The van der Waals surface area contributed by atoms with Crippen molar-refractivity contribution in [1.29, 1.82) is 0 Å². The number of carbonyl (C=O) groups excluding carboxylic acids is 1. The van der Waals surface area contributed by atoms with Gasteiger partial charge < -0.3 is 10.6 Å². The number of nitrogens with one attached hydrogen (secondary N) is 2. The van der Waals surface area contributed by atoms with Gasteiger partial charge in [-0.25, -0.2) is 4.68 Å². The van der Waals surface area contributed by atoms with Gasteiger partial charge in [0.05, 0.1) is 23.1 Å². The van der Waals surface area contributed by atoms with Crippen LogP contribution in [0.25, 0.3) is 5.69 Å². The second kappa shape index (κ2) is 9.48. The number of hydrogen-bond acceptors (Lipinski definition) is 3. The van der Waals surface area contributed by atoms with Crippen molar-refractivity contribution >= 4 is 11.6 Å². The quantitative estimate of drug-likeness (QED) is 0.575. The second-order valence-electron chi connectivity index (χ2n) is 8.63. The maximum atomic E-state index is 13.2. The lowest BCUT2D eigenvalue weighted by atomic mass is 9.91. The van der Waals surface area contributed by atoms with Crippen molar-refractivity contribution in [3.63, 3.8) is 0 Å². The Kier molecular flexibility index (Phi) is 6.52. The fourth-order valence-electron chi connectivity index (χ4n) is 4.25. The standard InChI is InChI=1S/C26H32N4O/c1-4-19-5-9-22(10-6-19)29-26(31)24-17-28-30(25(24)21-13-15-27-16-14-21)23-11-7-20(8-12-23)18(2)3/h5-12,17-18,21,27H,4,13-16H2,1-3H3,(H,29,31). The van der Waals surface area contributed by atoms with E-state index in [-0.39, 0.29) is 5.91 Å². The van der Waals surface area contributed by atoms with E-state index in [4.69, 9.17) is 0 Å². The van der Waals surface area contributed by atoms with Crippen molar-refractivity contribution in [2.45, 2.75) is 51.9 Å². The molecule has 2 N–H and O–H groups in total. The lowest BCUT2D eigenvalue weighted by Crippen LogP contribution is -2.29. The molecule has 1 aliphatic heterocycles. The number of amides is 1. The van der Waals surface area contributed by atoms with Crippen molar-refractivity contribution < 1.29 is 4.79 Å². The predicted octanol–water partition coefficient (Wildman–Crippen LogP) is 5.28. The van der Waals surface area contributed by atoms with Crippen LogP contribution in [0.3, 0.4) is 0 Å². The first kappa shape index (κ1) is 21.3. The van der Waals surface area contributed by atoms with E-state index in [1.165, 1.54) is 11.1 Å². The Morgan fingerprint density at radius 2 is 1.77 bits per heavy atom. The first-order valence-electron chi connectivity index (χ1n) is 11.4. The van der Waals surface area contributed by atoms with Crippen LogP contribution in [0.2, 0.25) is 0 Å². The minimum atomic E-state index is -0.0946. The summed E-state index contributed by atoms with van der Waals surface area (Å²) in [6, 6.07) is 16.6. The summed E-state index contributed by atoms with van der Waals surface area (Å²) in [7, 11) is 0. The summed E-state index contributed by atoms with van der Waals surface area (Å²) in [6.07, 6.45) is 4.71. The highest BCUT2D eigenvalue weighted by molar-refractivity contribution is 6.05. The summed E-state index contributed by atoms with van der Waals surface area (Å²) in [4.78, 5) is 13.2. The molecule has 1 amide bonds. The fourth-order valence-corrected chi connectivity index (χ4v) is 4.25. The van der Waals surface area contributed by atoms with Crippen molar-refractivity contribution in [2.24, 2.45) is 0 Å². The molecule has 1 aromatic heterocycles. The molecule has 0 bridgehead atoms. The normalized spacial score (nSPS) is 14.7. The van der Waals surface area contributed by atoms with E-state index < -0.39 is 0 Å². The molecule has 4 rings (SSSR count). The van der Waals surface area contributed by atoms with Crippen LogP contribution in [0, 0.1) is 0 Å². The van der Waals surface area contributed by atoms with Crippen LogP contribution in [0.5, 0.6) is 0 Å². The average molecular weight is 417 g/mol. The van der Waals surface area contributed by atoms with E-state index in [0.717, 1.165) is 49.4 Å². The number of aryl methyl sites for hydroxylation is 1. The van der Waals surface area contributed by atoms with Gasteiger partial charge in [0.25, 0.3) is 5.91 Å². The maximum Gasteiger partial charge on any atom is 0.259 e. The topological polar surface area (TPSA) is 59.0 Å². The first-order valence-corrected chi connectivity index (χ1v) is 11.4. The van der Waals surface area contributed by atoms with Crippen LogP contribution < -0.4 is 10.6 Å². The van der Waals surface area contributed by atoms with E-state index >= 15 is 0 Å². The van der Waals surface area contributed by atoms with E-state index in [9.17, 15) is 4.79 Å².